The standard InChI is InChI=1S/C13H13N7O2/c1-8-7-11(12(21)14-13-15-18-19-16-13)20(17-8)9-3-5-10(22-2)6-4-9/h3-7H,1-2H3,(H2,14,15,16,18,19,21). The molecule has 0 radical (unpaired) electrons. The van der Waals surface area contributed by atoms with Crippen molar-refractivity contribution in [3.8, 4) is 11.4 Å². The van der Waals surface area contributed by atoms with E-state index in [0.717, 1.165) is 11.4 Å². The molecule has 1 amide bonds. The van der Waals surface area contributed by atoms with E-state index in [1.54, 1.807) is 30.0 Å². The highest BCUT2D eigenvalue weighted by Gasteiger charge is 2.17. The summed E-state index contributed by atoms with van der Waals surface area (Å²) in [5, 5.41) is 19.9. The van der Waals surface area contributed by atoms with Crippen molar-refractivity contribution < 1.29 is 9.53 Å². The first-order valence-electron chi connectivity index (χ1n) is 6.43. The summed E-state index contributed by atoms with van der Waals surface area (Å²) in [6.07, 6.45) is 0. The van der Waals surface area contributed by atoms with Gasteiger partial charge in [0.15, 0.2) is 0 Å². The molecule has 9 heteroatoms. The van der Waals surface area contributed by atoms with Gasteiger partial charge in [-0.1, -0.05) is 5.10 Å². The number of tetrazole rings is 1. The first-order chi connectivity index (χ1) is 10.7. The van der Waals surface area contributed by atoms with Crippen molar-refractivity contribution in [2.75, 3.05) is 12.4 Å². The number of H-pyrrole nitrogens is 1. The molecule has 112 valence electrons. The second-order valence-corrected chi connectivity index (χ2v) is 4.47. The van der Waals surface area contributed by atoms with Crippen LogP contribution in [0.3, 0.4) is 0 Å². The fourth-order valence-corrected chi connectivity index (χ4v) is 1.96. The van der Waals surface area contributed by atoms with Gasteiger partial charge in [-0.3, -0.25) is 10.1 Å². The van der Waals surface area contributed by atoms with Crippen LogP contribution >= 0.6 is 0 Å². The maximum absolute atomic E-state index is 12.3. The minimum Gasteiger partial charge on any atom is -0.497 e. The first-order valence-corrected chi connectivity index (χ1v) is 6.43. The predicted molar refractivity (Wildman–Crippen MR) is 77.0 cm³/mol. The number of amides is 1. The van der Waals surface area contributed by atoms with Gasteiger partial charge in [0, 0.05) is 0 Å². The third-order valence-electron chi connectivity index (χ3n) is 2.95. The molecular formula is C13H13N7O2. The Bertz CT molecular complexity index is 777. The van der Waals surface area contributed by atoms with Crippen molar-refractivity contribution in [1.29, 1.82) is 0 Å². The van der Waals surface area contributed by atoms with E-state index in [2.05, 4.69) is 31.0 Å². The van der Waals surface area contributed by atoms with Gasteiger partial charge in [0.05, 0.1) is 18.5 Å². The molecule has 2 heterocycles. The zero-order valence-corrected chi connectivity index (χ0v) is 11.9. The molecule has 0 fully saturated rings. The number of aromatic nitrogens is 6. The van der Waals surface area contributed by atoms with Crippen LogP contribution in [-0.4, -0.2) is 43.4 Å². The van der Waals surface area contributed by atoms with Gasteiger partial charge in [-0.15, -0.1) is 5.10 Å². The van der Waals surface area contributed by atoms with Crippen LogP contribution in [0.25, 0.3) is 5.69 Å². The largest absolute Gasteiger partial charge is 0.497 e. The van der Waals surface area contributed by atoms with E-state index < -0.39 is 0 Å². The van der Waals surface area contributed by atoms with Gasteiger partial charge in [0.25, 0.3) is 11.9 Å². The fourth-order valence-electron chi connectivity index (χ4n) is 1.96. The number of nitrogens with zero attached hydrogens (tertiary/aromatic N) is 5. The Hall–Kier alpha value is -3.23. The van der Waals surface area contributed by atoms with E-state index in [9.17, 15) is 4.79 Å². The van der Waals surface area contributed by atoms with E-state index in [-0.39, 0.29) is 11.9 Å². The molecule has 0 aliphatic carbocycles. The lowest BCUT2D eigenvalue weighted by Gasteiger charge is -2.07. The highest BCUT2D eigenvalue weighted by molar-refractivity contribution is 6.02. The van der Waals surface area contributed by atoms with Crippen molar-refractivity contribution in [3.05, 3.63) is 41.7 Å². The number of methoxy groups -OCH3 is 1. The number of carbonyl (C=O) groups is 1. The first kappa shape index (κ1) is 13.7. The summed E-state index contributed by atoms with van der Waals surface area (Å²) in [5.41, 5.74) is 1.83. The van der Waals surface area contributed by atoms with Crippen LogP contribution in [0, 0.1) is 6.92 Å². The summed E-state index contributed by atoms with van der Waals surface area (Å²) >= 11 is 0. The summed E-state index contributed by atoms with van der Waals surface area (Å²) in [6.45, 7) is 1.81. The number of aryl methyl sites for hydroxylation is 1. The van der Waals surface area contributed by atoms with Crippen LogP contribution in [0.2, 0.25) is 0 Å². The number of anilines is 1. The topological polar surface area (TPSA) is 111 Å². The lowest BCUT2D eigenvalue weighted by atomic mass is 10.3. The Kier molecular flexibility index (Phi) is 3.52. The zero-order valence-electron chi connectivity index (χ0n) is 11.9. The third kappa shape index (κ3) is 2.64. The van der Waals surface area contributed by atoms with E-state index >= 15 is 0 Å². The highest BCUT2D eigenvalue weighted by Crippen LogP contribution is 2.17. The normalized spacial score (nSPS) is 10.5. The highest BCUT2D eigenvalue weighted by atomic mass is 16.5. The maximum atomic E-state index is 12.3. The van der Waals surface area contributed by atoms with Crippen molar-refractivity contribution in [2.45, 2.75) is 6.92 Å². The number of carbonyl (C=O) groups excluding carboxylic acids is 1. The summed E-state index contributed by atoms with van der Waals surface area (Å²) in [7, 11) is 1.59. The summed E-state index contributed by atoms with van der Waals surface area (Å²) in [4.78, 5) is 12.3. The second-order valence-electron chi connectivity index (χ2n) is 4.47. The number of hydrogen-bond donors (Lipinski definition) is 2. The average molecular weight is 299 g/mol. The Morgan fingerprint density at radius 1 is 1.32 bits per heavy atom. The minimum atomic E-state index is -0.377. The van der Waals surface area contributed by atoms with Crippen molar-refractivity contribution >= 4 is 11.9 Å². The number of hydrogen-bond acceptors (Lipinski definition) is 6. The minimum absolute atomic E-state index is 0.102. The molecule has 2 N–H and O–H groups in total. The van der Waals surface area contributed by atoms with Gasteiger partial charge in [-0.2, -0.15) is 10.3 Å². The van der Waals surface area contributed by atoms with Crippen molar-refractivity contribution in [3.63, 3.8) is 0 Å². The molecule has 0 aliphatic rings. The van der Waals surface area contributed by atoms with Gasteiger partial charge < -0.3 is 4.74 Å². The molecule has 0 bridgehead atoms. The van der Waals surface area contributed by atoms with Gasteiger partial charge in [0.1, 0.15) is 11.4 Å². The number of benzene rings is 1. The van der Waals surface area contributed by atoms with Crippen molar-refractivity contribution in [1.82, 2.24) is 30.4 Å². The van der Waals surface area contributed by atoms with Gasteiger partial charge in [-0.05, 0) is 42.5 Å². The smallest absolute Gasteiger partial charge is 0.276 e. The Balaban J connectivity index is 1.93. The van der Waals surface area contributed by atoms with Crippen molar-refractivity contribution in [2.24, 2.45) is 0 Å². The lowest BCUT2D eigenvalue weighted by Crippen LogP contribution is -2.17. The third-order valence-corrected chi connectivity index (χ3v) is 2.95. The summed E-state index contributed by atoms with van der Waals surface area (Å²) in [5.74, 6) is 0.452. The number of ether oxygens (including phenoxy) is 1. The average Bonchev–Trinajstić information content (AvgIpc) is 3.17. The van der Waals surface area contributed by atoms with Gasteiger partial charge >= 0.3 is 0 Å². The predicted octanol–water partition coefficient (Wildman–Crippen LogP) is 0.955. The maximum Gasteiger partial charge on any atom is 0.276 e. The van der Waals surface area contributed by atoms with Crippen LogP contribution in [-0.2, 0) is 0 Å². The summed E-state index contributed by atoms with van der Waals surface area (Å²) in [6, 6.07) is 8.91. The van der Waals surface area contributed by atoms with Crippen LogP contribution in [0.15, 0.2) is 30.3 Å². The van der Waals surface area contributed by atoms with E-state index in [1.807, 2.05) is 19.1 Å². The quantitative estimate of drug-likeness (QED) is 0.742. The molecule has 9 nitrogen and oxygen atoms in total. The molecule has 0 spiro atoms. The van der Waals surface area contributed by atoms with Crippen LogP contribution < -0.4 is 10.1 Å². The van der Waals surface area contributed by atoms with Gasteiger partial charge in [0.2, 0.25) is 0 Å². The zero-order chi connectivity index (χ0) is 15.5. The Morgan fingerprint density at radius 3 is 2.73 bits per heavy atom. The second kappa shape index (κ2) is 5.64. The molecule has 0 unspecified atom stereocenters. The Labute approximate surface area is 125 Å². The van der Waals surface area contributed by atoms with E-state index in [4.69, 9.17) is 4.74 Å². The number of rotatable bonds is 4. The molecular weight excluding hydrogens is 286 g/mol. The SMILES string of the molecule is COc1ccc(-n2nc(C)cc2C(=O)Nc2nn[nH]n2)cc1. The molecule has 0 atom stereocenters. The van der Waals surface area contributed by atoms with Crippen LogP contribution in [0.4, 0.5) is 5.95 Å². The lowest BCUT2D eigenvalue weighted by molar-refractivity contribution is 0.101. The molecule has 3 aromatic rings. The number of aromatic amines is 1. The van der Waals surface area contributed by atoms with E-state index in [0.29, 0.717) is 11.4 Å². The van der Waals surface area contributed by atoms with Gasteiger partial charge in [-0.25, -0.2) is 4.68 Å². The fraction of sp³-hybridized carbons (Fsp3) is 0.154. The molecule has 2 aromatic heterocycles. The molecule has 3 rings (SSSR count). The molecule has 22 heavy (non-hydrogen) atoms. The van der Waals surface area contributed by atoms with Crippen LogP contribution in [0.5, 0.6) is 5.75 Å². The van der Waals surface area contributed by atoms with Crippen LogP contribution in [0.1, 0.15) is 16.2 Å². The van der Waals surface area contributed by atoms with E-state index in [1.165, 1.54) is 0 Å². The number of nitrogens with one attached hydrogen (secondary N) is 2. The molecule has 0 saturated heterocycles. The summed E-state index contributed by atoms with van der Waals surface area (Å²) < 4.78 is 6.67. The monoisotopic (exact) mass is 299 g/mol. The molecule has 1 aromatic carbocycles. The molecule has 0 saturated carbocycles. The Morgan fingerprint density at radius 2 is 2.09 bits per heavy atom. The molecule has 0 aliphatic heterocycles.